The van der Waals surface area contributed by atoms with E-state index >= 15 is 0 Å². The predicted molar refractivity (Wildman–Crippen MR) is 89.1 cm³/mol. The van der Waals surface area contributed by atoms with Gasteiger partial charge in [-0.1, -0.05) is 0 Å². The molecule has 158 valence electrons. The van der Waals surface area contributed by atoms with Crippen molar-refractivity contribution in [1.29, 1.82) is 0 Å². The van der Waals surface area contributed by atoms with Gasteiger partial charge in [-0.15, -0.1) is 0 Å². The number of hydrogen-bond acceptors (Lipinski definition) is 5. The van der Waals surface area contributed by atoms with Gasteiger partial charge in [-0.25, -0.2) is 4.98 Å². The molecular weight excluding hydrogens is 424 g/mol. The quantitative estimate of drug-likeness (QED) is 0.340. The first-order valence-electron chi connectivity index (χ1n) is 7.88. The van der Waals surface area contributed by atoms with Crippen LogP contribution in [0.5, 0.6) is 5.75 Å². The van der Waals surface area contributed by atoms with Crippen LogP contribution in [0.25, 0.3) is 11.0 Å². The molecule has 0 spiro atoms. The summed E-state index contributed by atoms with van der Waals surface area (Å²) in [7, 11) is 1.31. The molecule has 0 aliphatic carbocycles. The van der Waals surface area contributed by atoms with Gasteiger partial charge in [0.05, 0.1) is 23.1 Å². The van der Waals surface area contributed by atoms with Gasteiger partial charge >= 0.3 is 12.4 Å². The molecule has 3 aromatic rings. The number of carbonyl (C=O) groups excluding carboxylic acids is 1. The molecule has 0 atom stereocenters. The Balaban J connectivity index is 2.38. The second-order valence-corrected chi connectivity index (χ2v) is 5.92. The molecule has 2 aromatic carbocycles. The molecule has 7 nitrogen and oxygen atoms in total. The SMILES string of the molecule is COc1ccc(C(=O)n2c(C(F)(F)F)nc3c([N+](=O)[O-])cc(C(F)(F)F)cc32)cc1. The van der Waals surface area contributed by atoms with E-state index in [9.17, 15) is 41.3 Å². The molecule has 13 heteroatoms. The van der Waals surface area contributed by atoms with E-state index in [1.807, 2.05) is 0 Å². The first kappa shape index (κ1) is 21.1. The topological polar surface area (TPSA) is 87.3 Å². The molecule has 3 rings (SSSR count). The number of nitro benzene ring substituents is 1. The van der Waals surface area contributed by atoms with Crippen molar-refractivity contribution in [2.45, 2.75) is 12.4 Å². The Morgan fingerprint density at radius 2 is 1.67 bits per heavy atom. The molecule has 1 aromatic heterocycles. The van der Waals surface area contributed by atoms with Crippen LogP contribution in [-0.4, -0.2) is 27.5 Å². The van der Waals surface area contributed by atoms with Gasteiger partial charge in [0.1, 0.15) is 5.75 Å². The highest BCUT2D eigenvalue weighted by atomic mass is 19.4. The Morgan fingerprint density at radius 3 is 2.13 bits per heavy atom. The number of rotatable bonds is 3. The van der Waals surface area contributed by atoms with E-state index in [2.05, 4.69) is 4.98 Å². The predicted octanol–water partition coefficient (Wildman–Crippen LogP) is 4.68. The fraction of sp³-hybridized carbons (Fsp3) is 0.176. The number of ether oxygens (including phenoxy) is 1. The molecule has 0 radical (unpaired) electrons. The van der Waals surface area contributed by atoms with Gasteiger partial charge in [0.15, 0.2) is 5.52 Å². The van der Waals surface area contributed by atoms with E-state index in [1.54, 1.807) is 0 Å². The molecule has 0 saturated heterocycles. The van der Waals surface area contributed by atoms with Crippen molar-refractivity contribution in [3.63, 3.8) is 0 Å². The average molecular weight is 433 g/mol. The Hall–Kier alpha value is -3.64. The first-order valence-corrected chi connectivity index (χ1v) is 7.88. The van der Waals surface area contributed by atoms with Crippen molar-refractivity contribution in [3.8, 4) is 5.75 Å². The number of halogens is 6. The number of imidazole rings is 1. The van der Waals surface area contributed by atoms with Gasteiger partial charge in [0.25, 0.3) is 11.6 Å². The monoisotopic (exact) mass is 433 g/mol. The van der Waals surface area contributed by atoms with Crippen LogP contribution < -0.4 is 4.74 Å². The molecule has 0 unspecified atom stereocenters. The fourth-order valence-corrected chi connectivity index (χ4v) is 2.72. The van der Waals surface area contributed by atoms with Gasteiger partial charge in [-0.05, 0) is 30.3 Å². The molecule has 0 aliphatic heterocycles. The summed E-state index contributed by atoms with van der Waals surface area (Å²) in [4.78, 5) is 25.7. The molecule has 1 heterocycles. The number of methoxy groups -OCH3 is 1. The first-order chi connectivity index (χ1) is 13.8. The minimum absolute atomic E-state index is 0.0671. The van der Waals surface area contributed by atoms with Crippen LogP contribution in [0.4, 0.5) is 32.0 Å². The summed E-state index contributed by atoms with van der Waals surface area (Å²) >= 11 is 0. The highest BCUT2D eigenvalue weighted by molar-refractivity contribution is 6.03. The van der Waals surface area contributed by atoms with E-state index in [-0.39, 0.29) is 28.0 Å². The van der Waals surface area contributed by atoms with Crippen molar-refractivity contribution in [1.82, 2.24) is 9.55 Å². The third-order valence-corrected chi connectivity index (χ3v) is 4.06. The van der Waals surface area contributed by atoms with E-state index < -0.39 is 51.3 Å². The normalized spacial score (nSPS) is 12.2. The number of fused-ring (bicyclic) bond motifs is 1. The van der Waals surface area contributed by atoms with E-state index in [4.69, 9.17) is 4.74 Å². The maximum absolute atomic E-state index is 13.5. The van der Waals surface area contributed by atoms with Gasteiger partial charge < -0.3 is 4.74 Å². The number of alkyl halides is 6. The minimum atomic E-state index is -5.28. The van der Waals surface area contributed by atoms with Gasteiger partial charge in [-0.2, -0.15) is 26.3 Å². The second-order valence-electron chi connectivity index (χ2n) is 5.92. The summed E-state index contributed by atoms with van der Waals surface area (Å²) in [6.07, 6.45) is -10.4. The zero-order valence-electron chi connectivity index (χ0n) is 14.7. The Morgan fingerprint density at radius 1 is 1.07 bits per heavy atom. The molecule has 0 aliphatic rings. The van der Waals surface area contributed by atoms with Crippen molar-refractivity contribution in [2.75, 3.05) is 7.11 Å². The van der Waals surface area contributed by atoms with Crippen LogP contribution in [0.2, 0.25) is 0 Å². The lowest BCUT2D eigenvalue weighted by Crippen LogP contribution is -2.21. The largest absolute Gasteiger partial charge is 0.497 e. The summed E-state index contributed by atoms with van der Waals surface area (Å²) in [5.74, 6) is -2.99. The Bertz CT molecular complexity index is 1150. The number of non-ortho nitro benzene ring substituents is 1. The van der Waals surface area contributed by atoms with E-state index in [0.29, 0.717) is 0 Å². The van der Waals surface area contributed by atoms with E-state index in [1.165, 1.54) is 19.2 Å². The number of carbonyl (C=O) groups is 1. The van der Waals surface area contributed by atoms with Crippen molar-refractivity contribution >= 4 is 22.6 Å². The van der Waals surface area contributed by atoms with Crippen LogP contribution in [0, 0.1) is 10.1 Å². The third kappa shape index (κ3) is 3.65. The molecule has 0 saturated carbocycles. The van der Waals surface area contributed by atoms with Crippen LogP contribution in [0.15, 0.2) is 36.4 Å². The van der Waals surface area contributed by atoms with Crippen molar-refractivity contribution in [3.05, 3.63) is 63.5 Å². The zero-order valence-corrected chi connectivity index (χ0v) is 14.7. The molecule has 0 bridgehead atoms. The van der Waals surface area contributed by atoms with Crippen LogP contribution >= 0.6 is 0 Å². The van der Waals surface area contributed by atoms with Crippen LogP contribution in [-0.2, 0) is 12.4 Å². The standard InChI is InChI=1S/C17H9F6N3O4/c1-30-10-4-2-8(3-5-10)14(27)25-11-6-9(16(18,19)20)7-12(26(28)29)13(11)24-15(25)17(21,22)23/h2-7H,1H3. The number of nitro groups is 1. The molecule has 0 fully saturated rings. The maximum Gasteiger partial charge on any atom is 0.450 e. The summed E-state index contributed by atoms with van der Waals surface area (Å²) < 4.78 is 84.8. The molecule has 30 heavy (non-hydrogen) atoms. The molecule has 0 N–H and O–H groups in total. The summed E-state index contributed by atoms with van der Waals surface area (Å²) in [5, 5.41) is 11.2. The van der Waals surface area contributed by atoms with Crippen molar-refractivity contribution in [2.24, 2.45) is 0 Å². The fourth-order valence-electron chi connectivity index (χ4n) is 2.72. The van der Waals surface area contributed by atoms with Crippen LogP contribution in [0.1, 0.15) is 21.7 Å². The van der Waals surface area contributed by atoms with Crippen LogP contribution in [0.3, 0.4) is 0 Å². The second kappa shape index (κ2) is 7.00. The lowest BCUT2D eigenvalue weighted by molar-refractivity contribution is -0.383. The zero-order chi connectivity index (χ0) is 22.4. The smallest absolute Gasteiger partial charge is 0.450 e. The highest BCUT2D eigenvalue weighted by Crippen LogP contribution is 2.39. The molecule has 0 amide bonds. The number of hydrogen-bond donors (Lipinski definition) is 0. The Kier molecular flexibility index (Phi) is 4.92. The number of benzene rings is 2. The number of nitrogens with zero attached hydrogens (tertiary/aromatic N) is 3. The number of aromatic nitrogens is 2. The van der Waals surface area contributed by atoms with Gasteiger partial charge in [0.2, 0.25) is 5.82 Å². The van der Waals surface area contributed by atoms with Gasteiger partial charge in [0, 0.05) is 11.6 Å². The van der Waals surface area contributed by atoms with E-state index in [0.717, 1.165) is 12.1 Å². The Labute approximate surface area is 162 Å². The third-order valence-electron chi connectivity index (χ3n) is 4.06. The summed E-state index contributed by atoms with van der Waals surface area (Å²) in [6, 6.07) is 4.97. The lowest BCUT2D eigenvalue weighted by atomic mass is 10.1. The van der Waals surface area contributed by atoms with Crippen molar-refractivity contribution < 1.29 is 40.8 Å². The summed E-state index contributed by atoms with van der Waals surface area (Å²) in [6.45, 7) is 0. The maximum atomic E-state index is 13.5. The minimum Gasteiger partial charge on any atom is -0.497 e. The lowest BCUT2D eigenvalue weighted by Gasteiger charge is -2.11. The highest BCUT2D eigenvalue weighted by Gasteiger charge is 2.42. The average Bonchev–Trinajstić information content (AvgIpc) is 3.05. The summed E-state index contributed by atoms with van der Waals surface area (Å²) in [5.41, 5.74) is -5.24. The molecular formula is C17H9F6N3O4. The van der Waals surface area contributed by atoms with Gasteiger partial charge in [-0.3, -0.25) is 19.5 Å².